The monoisotopic (exact) mass is 388 g/mol. The second-order valence-electron chi connectivity index (χ2n) is 7.00. The van der Waals surface area contributed by atoms with Crippen molar-refractivity contribution >= 4 is 12.0 Å². The van der Waals surface area contributed by atoms with Crippen LogP contribution in [-0.2, 0) is 16.0 Å². The molecule has 3 atom stereocenters. The van der Waals surface area contributed by atoms with Crippen LogP contribution in [-0.4, -0.2) is 46.6 Å². The van der Waals surface area contributed by atoms with Crippen molar-refractivity contribution in [1.29, 1.82) is 0 Å². The summed E-state index contributed by atoms with van der Waals surface area (Å²) in [6, 6.07) is 4.44. The number of aromatic nitrogens is 2. The number of urea groups is 1. The fourth-order valence-electron chi connectivity index (χ4n) is 3.52. The molecule has 0 spiro atoms. The molecule has 1 aliphatic heterocycles. The van der Waals surface area contributed by atoms with Crippen molar-refractivity contribution in [2.24, 2.45) is 5.92 Å². The lowest BCUT2D eigenvalue weighted by Gasteiger charge is -2.36. The van der Waals surface area contributed by atoms with E-state index in [1.165, 1.54) is 19.2 Å². The van der Waals surface area contributed by atoms with Gasteiger partial charge in [0.1, 0.15) is 17.9 Å². The van der Waals surface area contributed by atoms with Crippen LogP contribution in [0.1, 0.15) is 43.3 Å². The molecule has 8 heteroatoms. The maximum absolute atomic E-state index is 13.9. The van der Waals surface area contributed by atoms with Crippen LogP contribution in [0.25, 0.3) is 0 Å². The summed E-state index contributed by atoms with van der Waals surface area (Å²) < 4.78 is 18.7. The van der Waals surface area contributed by atoms with Gasteiger partial charge >= 0.3 is 12.0 Å². The summed E-state index contributed by atoms with van der Waals surface area (Å²) in [4.78, 5) is 34.3. The molecule has 0 bridgehead atoms. The number of carbonyl (C=O) groups is 2. The number of aromatic amines is 1. The number of esters is 1. The molecular weight excluding hydrogens is 363 g/mol. The zero-order chi connectivity index (χ0) is 20.3. The highest BCUT2D eigenvalue weighted by atomic mass is 19.1. The Morgan fingerprint density at radius 3 is 2.93 bits per heavy atom. The molecule has 1 aromatic heterocycles. The summed E-state index contributed by atoms with van der Waals surface area (Å²) in [5.41, 5.74) is 2.23. The molecule has 1 unspecified atom stereocenters. The zero-order valence-electron chi connectivity index (χ0n) is 16.2. The maximum atomic E-state index is 13.9. The standard InChI is InChI=1S/C20H25FN4O3/c1-4-12(2)16(19(26)28-3)24-20(27)25-9-8-15-17(23-11-22-15)18(25)13-6-5-7-14(21)10-13/h5-7,10-12,16,18H,4,8-9H2,1-3H3,(H,22,23)(H,24,27)/t12-,16+,18?/m1/s1. The maximum Gasteiger partial charge on any atom is 0.328 e. The third-order valence-electron chi connectivity index (χ3n) is 5.30. The first kappa shape index (κ1) is 19.9. The van der Waals surface area contributed by atoms with Crippen LogP contribution >= 0.6 is 0 Å². The Balaban J connectivity index is 1.92. The Bertz CT molecular complexity index is 853. The van der Waals surface area contributed by atoms with Crippen LogP contribution in [0.4, 0.5) is 9.18 Å². The molecule has 150 valence electrons. The van der Waals surface area contributed by atoms with Gasteiger partial charge in [-0.05, 0) is 23.6 Å². The van der Waals surface area contributed by atoms with Crippen LogP contribution in [0.3, 0.4) is 0 Å². The highest BCUT2D eigenvalue weighted by molar-refractivity contribution is 5.84. The van der Waals surface area contributed by atoms with E-state index >= 15 is 0 Å². The van der Waals surface area contributed by atoms with Gasteiger partial charge in [-0.3, -0.25) is 0 Å². The van der Waals surface area contributed by atoms with Gasteiger partial charge in [0.05, 0.1) is 19.1 Å². The molecule has 2 amide bonds. The first-order chi connectivity index (χ1) is 13.5. The number of methoxy groups -OCH3 is 1. The summed E-state index contributed by atoms with van der Waals surface area (Å²) in [5, 5.41) is 2.81. The number of rotatable bonds is 5. The van der Waals surface area contributed by atoms with E-state index in [1.807, 2.05) is 13.8 Å². The van der Waals surface area contributed by atoms with Crippen molar-refractivity contribution in [1.82, 2.24) is 20.2 Å². The predicted octanol–water partition coefficient (Wildman–Crippen LogP) is 2.79. The molecule has 0 saturated carbocycles. The molecular formula is C20H25FN4O3. The zero-order valence-corrected chi connectivity index (χ0v) is 16.2. The minimum atomic E-state index is -0.753. The molecule has 0 aliphatic carbocycles. The molecule has 2 aromatic rings. The van der Waals surface area contributed by atoms with Gasteiger partial charge in [0, 0.05) is 18.7 Å². The smallest absolute Gasteiger partial charge is 0.328 e. The molecule has 3 rings (SSSR count). The summed E-state index contributed by atoms with van der Waals surface area (Å²) in [6.07, 6.45) is 2.88. The van der Waals surface area contributed by atoms with Crippen molar-refractivity contribution in [2.75, 3.05) is 13.7 Å². The molecule has 0 radical (unpaired) electrons. The number of amides is 2. The predicted molar refractivity (Wildman–Crippen MR) is 101 cm³/mol. The summed E-state index contributed by atoms with van der Waals surface area (Å²) in [5.74, 6) is -0.954. The van der Waals surface area contributed by atoms with Crippen molar-refractivity contribution in [3.63, 3.8) is 0 Å². The van der Waals surface area contributed by atoms with Crippen molar-refractivity contribution in [3.8, 4) is 0 Å². The number of nitrogens with one attached hydrogen (secondary N) is 2. The van der Waals surface area contributed by atoms with Crippen molar-refractivity contribution < 1.29 is 18.7 Å². The Hall–Kier alpha value is -2.90. The van der Waals surface area contributed by atoms with Gasteiger partial charge in [0.25, 0.3) is 0 Å². The number of hydrogen-bond acceptors (Lipinski definition) is 4. The number of fused-ring (bicyclic) bond motifs is 1. The molecule has 2 N–H and O–H groups in total. The lowest BCUT2D eigenvalue weighted by atomic mass is 9.95. The van der Waals surface area contributed by atoms with E-state index in [0.717, 1.165) is 5.69 Å². The van der Waals surface area contributed by atoms with E-state index < -0.39 is 24.1 Å². The number of imidazole rings is 1. The van der Waals surface area contributed by atoms with Crippen LogP contribution in [0.5, 0.6) is 0 Å². The van der Waals surface area contributed by atoms with Gasteiger partial charge in [-0.15, -0.1) is 0 Å². The van der Waals surface area contributed by atoms with Gasteiger partial charge < -0.3 is 19.9 Å². The second kappa shape index (κ2) is 8.41. The number of halogens is 1. The molecule has 1 aromatic carbocycles. The largest absolute Gasteiger partial charge is 0.467 e. The normalized spacial score (nSPS) is 18.1. The molecule has 0 saturated heterocycles. The number of benzene rings is 1. The second-order valence-corrected chi connectivity index (χ2v) is 7.00. The van der Waals surface area contributed by atoms with Gasteiger partial charge in [0.15, 0.2) is 0 Å². The van der Waals surface area contributed by atoms with E-state index in [-0.39, 0.29) is 11.7 Å². The topological polar surface area (TPSA) is 87.3 Å². The third-order valence-corrected chi connectivity index (χ3v) is 5.30. The number of ether oxygens (including phenoxy) is 1. The molecule has 2 heterocycles. The van der Waals surface area contributed by atoms with Gasteiger partial charge in [-0.25, -0.2) is 19.0 Å². The van der Waals surface area contributed by atoms with Crippen LogP contribution in [0.2, 0.25) is 0 Å². The number of H-pyrrole nitrogens is 1. The number of hydrogen-bond donors (Lipinski definition) is 2. The lowest BCUT2D eigenvalue weighted by Crippen LogP contribution is -2.53. The van der Waals surface area contributed by atoms with Gasteiger partial charge in [0.2, 0.25) is 0 Å². The quantitative estimate of drug-likeness (QED) is 0.771. The Morgan fingerprint density at radius 1 is 1.46 bits per heavy atom. The van der Waals surface area contributed by atoms with Crippen molar-refractivity contribution in [3.05, 3.63) is 53.4 Å². The van der Waals surface area contributed by atoms with E-state index in [2.05, 4.69) is 15.3 Å². The van der Waals surface area contributed by atoms with E-state index in [1.54, 1.807) is 23.4 Å². The fourth-order valence-corrected chi connectivity index (χ4v) is 3.52. The fraction of sp³-hybridized carbons (Fsp3) is 0.450. The molecule has 0 fully saturated rings. The van der Waals surface area contributed by atoms with Gasteiger partial charge in [-0.1, -0.05) is 32.4 Å². The van der Waals surface area contributed by atoms with Gasteiger partial charge in [-0.2, -0.15) is 0 Å². The average Bonchev–Trinajstić information content (AvgIpc) is 3.18. The highest BCUT2D eigenvalue weighted by Crippen LogP contribution is 2.33. The average molecular weight is 388 g/mol. The summed E-state index contributed by atoms with van der Waals surface area (Å²) in [6.45, 7) is 4.24. The van der Waals surface area contributed by atoms with Crippen LogP contribution in [0.15, 0.2) is 30.6 Å². The van der Waals surface area contributed by atoms with Crippen LogP contribution < -0.4 is 5.32 Å². The lowest BCUT2D eigenvalue weighted by molar-refractivity contribution is -0.144. The Kier molecular flexibility index (Phi) is 5.96. The third kappa shape index (κ3) is 3.85. The SMILES string of the molecule is CC[C@@H](C)[C@H](NC(=O)N1CCc2[nH]cnc2C1c1cccc(F)c1)C(=O)OC. The Labute approximate surface area is 163 Å². The summed E-state index contributed by atoms with van der Waals surface area (Å²) in [7, 11) is 1.30. The first-order valence-corrected chi connectivity index (χ1v) is 9.38. The first-order valence-electron chi connectivity index (χ1n) is 9.38. The molecule has 7 nitrogen and oxygen atoms in total. The van der Waals surface area contributed by atoms with E-state index in [4.69, 9.17) is 4.74 Å². The summed E-state index contributed by atoms with van der Waals surface area (Å²) >= 11 is 0. The Morgan fingerprint density at radius 2 is 2.25 bits per heavy atom. The number of carbonyl (C=O) groups excluding carboxylic acids is 2. The minimum Gasteiger partial charge on any atom is -0.467 e. The minimum absolute atomic E-state index is 0.0882. The molecule has 1 aliphatic rings. The van der Waals surface area contributed by atoms with E-state index in [0.29, 0.717) is 30.6 Å². The molecule has 28 heavy (non-hydrogen) atoms. The van der Waals surface area contributed by atoms with Crippen LogP contribution in [0, 0.1) is 11.7 Å². The highest BCUT2D eigenvalue weighted by Gasteiger charge is 2.36. The number of nitrogens with zero attached hydrogens (tertiary/aromatic N) is 2. The van der Waals surface area contributed by atoms with Crippen molar-refractivity contribution in [2.45, 2.75) is 38.8 Å². The van der Waals surface area contributed by atoms with E-state index in [9.17, 15) is 14.0 Å².